The number of hydrogen-bond donors (Lipinski definition) is 2. The van der Waals surface area contributed by atoms with E-state index in [0.29, 0.717) is 40.4 Å². The van der Waals surface area contributed by atoms with Crippen molar-refractivity contribution >= 4 is 17.5 Å². The van der Waals surface area contributed by atoms with Crippen molar-refractivity contribution in [1.29, 1.82) is 0 Å². The minimum Gasteiger partial charge on any atom is -0.619 e. The number of amides is 1. The van der Waals surface area contributed by atoms with Crippen LogP contribution in [0.5, 0.6) is 0 Å². The fourth-order valence-electron chi connectivity index (χ4n) is 4.51. The molecule has 2 heterocycles. The highest BCUT2D eigenvalue weighted by atomic mass is 35.5. The standard InChI is InChI=1S/C23H24ClN5O3/c24-17-5-1-4-16(11-17)23(14-25)8-6-18(7-9-23)29-22(31)19(21(26)30)12-20(27-29)15-3-2-10-28(32)13-15/h1-5,10-13,18H,6-9,14,25H2,(H2,26,30)/t18-,23-. The van der Waals surface area contributed by atoms with Crippen LogP contribution in [0.25, 0.3) is 11.3 Å². The Hall–Kier alpha value is -3.23. The molecule has 3 aromatic rings. The average molecular weight is 454 g/mol. The van der Waals surface area contributed by atoms with E-state index in [1.54, 1.807) is 12.1 Å². The molecule has 166 valence electrons. The van der Waals surface area contributed by atoms with E-state index in [-0.39, 0.29) is 17.0 Å². The minimum atomic E-state index is -0.829. The first-order valence-corrected chi connectivity index (χ1v) is 10.8. The summed E-state index contributed by atoms with van der Waals surface area (Å²) < 4.78 is 1.98. The van der Waals surface area contributed by atoms with Gasteiger partial charge in [-0.2, -0.15) is 9.83 Å². The molecule has 0 bridgehead atoms. The first kappa shape index (κ1) is 22.0. The van der Waals surface area contributed by atoms with Crippen LogP contribution in [0, 0.1) is 5.21 Å². The van der Waals surface area contributed by atoms with Gasteiger partial charge >= 0.3 is 0 Å². The molecule has 1 aliphatic rings. The van der Waals surface area contributed by atoms with Gasteiger partial charge in [0.1, 0.15) is 5.56 Å². The maximum atomic E-state index is 13.0. The summed E-state index contributed by atoms with van der Waals surface area (Å²) in [5.41, 5.74) is 12.7. The number of nitrogens with zero attached hydrogens (tertiary/aromatic N) is 3. The molecule has 4 N–H and O–H groups in total. The molecule has 1 aliphatic carbocycles. The van der Waals surface area contributed by atoms with Gasteiger partial charge in [-0.15, -0.1) is 0 Å². The fourth-order valence-corrected chi connectivity index (χ4v) is 4.70. The lowest BCUT2D eigenvalue weighted by atomic mass is 9.68. The molecule has 0 atom stereocenters. The zero-order chi connectivity index (χ0) is 22.9. The Morgan fingerprint density at radius 1 is 1.25 bits per heavy atom. The molecule has 1 aromatic carbocycles. The van der Waals surface area contributed by atoms with Gasteiger partial charge in [-0.05, 0) is 55.5 Å². The summed E-state index contributed by atoms with van der Waals surface area (Å²) in [7, 11) is 0. The predicted molar refractivity (Wildman–Crippen MR) is 121 cm³/mol. The van der Waals surface area contributed by atoms with E-state index in [4.69, 9.17) is 23.1 Å². The number of halogens is 1. The van der Waals surface area contributed by atoms with Crippen molar-refractivity contribution in [3.63, 3.8) is 0 Å². The number of rotatable bonds is 5. The van der Waals surface area contributed by atoms with Crippen molar-refractivity contribution in [2.24, 2.45) is 11.5 Å². The van der Waals surface area contributed by atoms with Gasteiger partial charge in [-0.1, -0.05) is 23.7 Å². The third-order valence-corrected chi connectivity index (χ3v) is 6.59. The first-order valence-electron chi connectivity index (χ1n) is 10.4. The maximum Gasteiger partial charge on any atom is 0.279 e. The van der Waals surface area contributed by atoms with Crippen molar-refractivity contribution in [3.05, 3.63) is 86.6 Å². The van der Waals surface area contributed by atoms with Gasteiger partial charge in [0.05, 0.1) is 17.3 Å². The lowest BCUT2D eigenvalue weighted by Crippen LogP contribution is -2.42. The van der Waals surface area contributed by atoms with E-state index in [9.17, 15) is 14.8 Å². The highest BCUT2D eigenvalue weighted by molar-refractivity contribution is 6.30. The van der Waals surface area contributed by atoms with Crippen LogP contribution < -0.4 is 21.8 Å². The summed E-state index contributed by atoms with van der Waals surface area (Å²) in [4.78, 5) is 25.0. The fraction of sp³-hybridized carbons (Fsp3) is 0.304. The Labute approximate surface area is 190 Å². The number of nitrogens with two attached hydrogens (primary N) is 2. The van der Waals surface area contributed by atoms with Gasteiger partial charge in [-0.25, -0.2) is 4.68 Å². The largest absolute Gasteiger partial charge is 0.619 e. The lowest BCUT2D eigenvalue weighted by Gasteiger charge is -2.40. The lowest BCUT2D eigenvalue weighted by molar-refractivity contribution is -0.604. The van der Waals surface area contributed by atoms with E-state index < -0.39 is 11.5 Å². The highest BCUT2D eigenvalue weighted by Gasteiger charge is 2.37. The minimum absolute atomic E-state index is 0.151. The molecule has 2 aromatic heterocycles. The molecule has 8 nitrogen and oxygen atoms in total. The van der Waals surface area contributed by atoms with E-state index in [1.165, 1.54) is 23.1 Å². The molecular formula is C23H24ClN5O3. The smallest absolute Gasteiger partial charge is 0.279 e. The van der Waals surface area contributed by atoms with Crippen LogP contribution in [0.15, 0.2) is 59.7 Å². The number of carbonyl (C=O) groups is 1. The summed E-state index contributed by atoms with van der Waals surface area (Å²) in [5.74, 6) is -0.829. The molecule has 0 saturated heterocycles. The SMILES string of the molecule is NC[C@]1(c2cccc(Cl)c2)CC[C@H](n2nc(-c3ccc[n+]([O-])c3)cc(C(N)=O)c2=O)CC1. The molecular weight excluding hydrogens is 430 g/mol. The number of carbonyl (C=O) groups excluding carboxylic acids is 1. The Bertz CT molecular complexity index is 1220. The van der Waals surface area contributed by atoms with Crippen molar-refractivity contribution in [1.82, 2.24) is 9.78 Å². The molecule has 4 rings (SSSR count). The molecule has 1 fully saturated rings. The molecule has 1 amide bonds. The number of pyridine rings is 1. The third kappa shape index (κ3) is 4.11. The molecule has 0 spiro atoms. The van der Waals surface area contributed by atoms with Crippen molar-refractivity contribution in [3.8, 4) is 11.3 Å². The van der Waals surface area contributed by atoms with E-state index in [1.807, 2.05) is 24.3 Å². The topological polar surface area (TPSA) is 131 Å². The van der Waals surface area contributed by atoms with Crippen molar-refractivity contribution < 1.29 is 9.52 Å². The molecule has 0 unspecified atom stereocenters. The van der Waals surface area contributed by atoms with Crippen LogP contribution in [0.2, 0.25) is 5.02 Å². The normalized spacial score (nSPS) is 20.8. The van der Waals surface area contributed by atoms with Gasteiger partial charge in [0, 0.05) is 23.0 Å². The maximum absolute atomic E-state index is 13.0. The Kier molecular flexibility index (Phi) is 5.99. The first-order chi connectivity index (χ1) is 15.3. The highest BCUT2D eigenvalue weighted by Crippen LogP contribution is 2.42. The summed E-state index contributed by atoms with van der Waals surface area (Å²) in [6.45, 7) is 0.461. The number of aromatic nitrogens is 3. The second kappa shape index (κ2) is 8.72. The summed E-state index contributed by atoms with van der Waals surface area (Å²) >= 11 is 6.20. The van der Waals surface area contributed by atoms with Crippen LogP contribution in [-0.2, 0) is 5.41 Å². The van der Waals surface area contributed by atoms with Crippen molar-refractivity contribution in [2.45, 2.75) is 37.1 Å². The van der Waals surface area contributed by atoms with E-state index in [0.717, 1.165) is 18.4 Å². The summed E-state index contributed by atoms with van der Waals surface area (Å²) in [6, 6.07) is 12.1. The van der Waals surface area contributed by atoms with Gasteiger partial charge in [0.25, 0.3) is 11.5 Å². The van der Waals surface area contributed by atoms with Crippen LogP contribution in [-0.4, -0.2) is 22.2 Å². The Morgan fingerprint density at radius 3 is 2.62 bits per heavy atom. The zero-order valence-corrected chi connectivity index (χ0v) is 18.2. The number of hydrogen-bond acceptors (Lipinski definition) is 5. The van der Waals surface area contributed by atoms with Gasteiger partial charge in [0.2, 0.25) is 0 Å². The van der Waals surface area contributed by atoms with Gasteiger partial charge in [-0.3, -0.25) is 9.59 Å². The predicted octanol–water partition coefficient (Wildman–Crippen LogP) is 2.31. The number of benzene rings is 1. The average Bonchev–Trinajstić information content (AvgIpc) is 2.79. The zero-order valence-electron chi connectivity index (χ0n) is 17.4. The second-order valence-corrected chi connectivity index (χ2v) is 8.67. The Balaban J connectivity index is 1.70. The van der Waals surface area contributed by atoms with Gasteiger partial charge in [0.15, 0.2) is 12.4 Å². The number of primary amides is 1. The monoisotopic (exact) mass is 453 g/mol. The molecule has 1 saturated carbocycles. The van der Waals surface area contributed by atoms with Crippen LogP contribution in [0.4, 0.5) is 0 Å². The van der Waals surface area contributed by atoms with Crippen LogP contribution >= 0.6 is 11.6 Å². The van der Waals surface area contributed by atoms with Crippen LogP contribution in [0.1, 0.15) is 47.6 Å². The second-order valence-electron chi connectivity index (χ2n) is 8.24. The summed E-state index contributed by atoms with van der Waals surface area (Å²) in [6.07, 6.45) is 5.46. The van der Waals surface area contributed by atoms with Crippen molar-refractivity contribution in [2.75, 3.05) is 6.54 Å². The van der Waals surface area contributed by atoms with E-state index >= 15 is 0 Å². The third-order valence-electron chi connectivity index (χ3n) is 6.36. The van der Waals surface area contributed by atoms with E-state index in [2.05, 4.69) is 5.10 Å². The molecule has 32 heavy (non-hydrogen) atoms. The molecule has 0 aliphatic heterocycles. The molecule has 9 heteroatoms. The Morgan fingerprint density at radius 2 is 2.00 bits per heavy atom. The quantitative estimate of drug-likeness (QED) is 0.452. The van der Waals surface area contributed by atoms with Crippen LogP contribution in [0.3, 0.4) is 0 Å². The summed E-state index contributed by atoms with van der Waals surface area (Å²) in [5, 5.41) is 16.9. The molecule has 0 radical (unpaired) electrons. The van der Waals surface area contributed by atoms with Gasteiger partial charge < -0.3 is 16.7 Å².